The molecule has 0 radical (unpaired) electrons. The van der Waals surface area contributed by atoms with Crippen LogP contribution in [0.25, 0.3) is 0 Å². The normalized spacial score (nSPS) is 33.1. The van der Waals surface area contributed by atoms with Crippen LogP contribution in [-0.2, 0) is 9.53 Å². The van der Waals surface area contributed by atoms with Gasteiger partial charge in [-0.2, -0.15) is 0 Å². The molecule has 4 aliphatic carbocycles. The molecule has 0 spiro atoms. The van der Waals surface area contributed by atoms with Gasteiger partial charge in [0.15, 0.2) is 0 Å². The highest BCUT2D eigenvalue weighted by Gasteiger charge is 2.59. The summed E-state index contributed by atoms with van der Waals surface area (Å²) >= 11 is 0. The average molecular weight is 653 g/mol. The molecule has 272 valence electrons. The van der Waals surface area contributed by atoms with E-state index in [1.165, 1.54) is 135 Å². The molecule has 0 amide bonds. The Morgan fingerprint density at radius 1 is 0.766 bits per heavy atom. The molecule has 4 aliphatic rings. The molecule has 0 aromatic heterocycles. The summed E-state index contributed by atoms with van der Waals surface area (Å²) < 4.78 is 6.14. The molecular formula is C45H80O2. The number of fused-ring (bicyclic) bond motifs is 5. The highest BCUT2D eigenvalue weighted by atomic mass is 16.5. The molecule has 0 heterocycles. The molecule has 2 heteroatoms. The molecule has 0 N–H and O–H groups in total. The Labute approximate surface area is 293 Å². The largest absolute Gasteiger partial charge is 0.462 e. The van der Waals surface area contributed by atoms with Crippen LogP contribution >= 0.6 is 0 Å². The fourth-order valence-corrected chi connectivity index (χ4v) is 11.5. The minimum Gasteiger partial charge on any atom is -0.462 e. The average Bonchev–Trinajstić information content (AvgIpc) is 3.41. The van der Waals surface area contributed by atoms with E-state index in [4.69, 9.17) is 4.74 Å². The summed E-state index contributed by atoms with van der Waals surface area (Å²) in [6, 6.07) is 0. The van der Waals surface area contributed by atoms with Gasteiger partial charge in [-0.15, -0.1) is 0 Å². The fraction of sp³-hybridized carbons (Fsp3) is 0.933. The Kier molecular flexibility index (Phi) is 15.8. The van der Waals surface area contributed by atoms with Gasteiger partial charge in [0, 0.05) is 12.8 Å². The Morgan fingerprint density at radius 3 is 2.00 bits per heavy atom. The summed E-state index contributed by atoms with van der Waals surface area (Å²) in [6.45, 7) is 17.5. The second-order valence-corrected chi connectivity index (χ2v) is 18.5. The zero-order chi connectivity index (χ0) is 33.9. The van der Waals surface area contributed by atoms with Crippen LogP contribution in [0.3, 0.4) is 0 Å². The van der Waals surface area contributed by atoms with Crippen LogP contribution in [0.5, 0.6) is 0 Å². The lowest BCUT2D eigenvalue weighted by Gasteiger charge is -2.58. The van der Waals surface area contributed by atoms with Gasteiger partial charge in [-0.3, -0.25) is 4.79 Å². The van der Waals surface area contributed by atoms with E-state index >= 15 is 0 Å². The van der Waals surface area contributed by atoms with Crippen molar-refractivity contribution in [2.24, 2.45) is 52.3 Å². The van der Waals surface area contributed by atoms with E-state index in [1.54, 1.807) is 5.57 Å². The van der Waals surface area contributed by atoms with Crippen LogP contribution in [-0.4, -0.2) is 12.1 Å². The molecule has 0 saturated heterocycles. The first-order valence-corrected chi connectivity index (χ1v) is 21.5. The molecule has 4 rings (SSSR count). The standard InChI is InChI=1S/C45H80O2/c1-8-9-10-11-12-13-14-15-16-17-18-19-20-21-22-43(46)47-38-29-31-44(6)37(33-38)25-26-39-41-28-27-40(45(41,7)32-30-42(39)44)36(5)24-23-35(4)34(2)3/h25,34-36,38-42H,8-24,26-33H2,1-7H3. The van der Waals surface area contributed by atoms with Crippen LogP contribution in [0.2, 0.25) is 0 Å². The Morgan fingerprint density at radius 2 is 1.38 bits per heavy atom. The van der Waals surface area contributed by atoms with Gasteiger partial charge in [0.2, 0.25) is 0 Å². The zero-order valence-electron chi connectivity index (χ0n) is 32.7. The smallest absolute Gasteiger partial charge is 0.306 e. The van der Waals surface area contributed by atoms with E-state index in [-0.39, 0.29) is 12.1 Å². The number of allylic oxidation sites excluding steroid dienone is 1. The second kappa shape index (κ2) is 19.0. The van der Waals surface area contributed by atoms with Crippen LogP contribution in [0.15, 0.2) is 11.6 Å². The molecule has 9 unspecified atom stereocenters. The van der Waals surface area contributed by atoms with E-state index in [9.17, 15) is 4.79 Å². The lowest BCUT2D eigenvalue weighted by molar-refractivity contribution is -0.151. The Hall–Kier alpha value is -0.790. The summed E-state index contributed by atoms with van der Waals surface area (Å²) in [5.41, 5.74) is 2.52. The summed E-state index contributed by atoms with van der Waals surface area (Å²) in [7, 11) is 0. The first kappa shape index (κ1) is 39.0. The van der Waals surface area contributed by atoms with Crippen molar-refractivity contribution in [2.75, 3.05) is 0 Å². The minimum absolute atomic E-state index is 0.0640. The summed E-state index contributed by atoms with van der Waals surface area (Å²) in [6.07, 6.45) is 35.4. The van der Waals surface area contributed by atoms with Crippen molar-refractivity contribution in [3.63, 3.8) is 0 Å². The maximum Gasteiger partial charge on any atom is 0.306 e. The monoisotopic (exact) mass is 653 g/mol. The van der Waals surface area contributed by atoms with Crippen LogP contribution in [0, 0.1) is 52.3 Å². The van der Waals surface area contributed by atoms with Crippen LogP contribution < -0.4 is 0 Å². The molecule has 0 aliphatic heterocycles. The number of carbonyl (C=O) groups is 1. The molecule has 3 fully saturated rings. The number of ether oxygens (including phenoxy) is 1. The van der Waals surface area contributed by atoms with Crippen LogP contribution in [0.1, 0.15) is 209 Å². The van der Waals surface area contributed by atoms with Crippen molar-refractivity contribution in [3.05, 3.63) is 11.6 Å². The van der Waals surface area contributed by atoms with Gasteiger partial charge in [0.05, 0.1) is 0 Å². The van der Waals surface area contributed by atoms with Crippen molar-refractivity contribution in [1.82, 2.24) is 0 Å². The predicted octanol–water partition coefficient (Wildman–Crippen LogP) is 14.1. The first-order valence-electron chi connectivity index (χ1n) is 21.5. The lowest BCUT2D eigenvalue weighted by Crippen LogP contribution is -2.51. The van der Waals surface area contributed by atoms with E-state index in [0.717, 1.165) is 60.7 Å². The quantitative estimate of drug-likeness (QED) is 0.0700. The maximum absolute atomic E-state index is 12.8. The third-order valence-corrected chi connectivity index (χ3v) is 15.1. The summed E-state index contributed by atoms with van der Waals surface area (Å²) in [5.74, 6) is 6.11. The molecule has 0 aromatic rings. The summed E-state index contributed by atoms with van der Waals surface area (Å²) in [5, 5.41) is 0. The first-order chi connectivity index (χ1) is 22.6. The van der Waals surface area contributed by atoms with Crippen molar-refractivity contribution < 1.29 is 9.53 Å². The van der Waals surface area contributed by atoms with Gasteiger partial charge >= 0.3 is 5.97 Å². The molecule has 0 aromatic carbocycles. The van der Waals surface area contributed by atoms with Gasteiger partial charge in [-0.25, -0.2) is 0 Å². The molecule has 2 nitrogen and oxygen atoms in total. The van der Waals surface area contributed by atoms with E-state index in [1.807, 2.05) is 0 Å². The van der Waals surface area contributed by atoms with E-state index < -0.39 is 0 Å². The Balaban J connectivity index is 1.13. The highest BCUT2D eigenvalue weighted by Crippen LogP contribution is 2.67. The fourth-order valence-electron chi connectivity index (χ4n) is 11.5. The minimum atomic E-state index is 0.0640. The Bertz CT molecular complexity index is 950. The van der Waals surface area contributed by atoms with Gasteiger partial charge in [-0.05, 0) is 104 Å². The molecular weight excluding hydrogens is 572 g/mol. The number of hydrogen-bond donors (Lipinski definition) is 0. The van der Waals surface area contributed by atoms with Gasteiger partial charge in [0.1, 0.15) is 6.10 Å². The zero-order valence-corrected chi connectivity index (χ0v) is 32.7. The number of unbranched alkanes of at least 4 members (excludes halogenated alkanes) is 13. The van der Waals surface area contributed by atoms with Crippen molar-refractivity contribution >= 4 is 5.97 Å². The van der Waals surface area contributed by atoms with Crippen molar-refractivity contribution in [2.45, 2.75) is 215 Å². The number of rotatable bonds is 21. The van der Waals surface area contributed by atoms with Gasteiger partial charge in [-0.1, -0.05) is 156 Å². The molecule has 47 heavy (non-hydrogen) atoms. The maximum atomic E-state index is 12.8. The van der Waals surface area contributed by atoms with Crippen molar-refractivity contribution in [1.29, 1.82) is 0 Å². The highest BCUT2D eigenvalue weighted by molar-refractivity contribution is 5.69. The summed E-state index contributed by atoms with van der Waals surface area (Å²) in [4.78, 5) is 12.8. The SMILES string of the molecule is CCCCCCCCCCCCCCCCC(=O)OC1CCC2(C)C(=CCC3C2CCC2(C)C(C(C)CCC(C)C(C)C)CCC32)C1. The second-order valence-electron chi connectivity index (χ2n) is 18.5. The van der Waals surface area contributed by atoms with Gasteiger partial charge < -0.3 is 4.74 Å². The topological polar surface area (TPSA) is 26.3 Å². The molecule has 9 atom stereocenters. The van der Waals surface area contributed by atoms with E-state index in [0.29, 0.717) is 17.3 Å². The van der Waals surface area contributed by atoms with E-state index in [2.05, 4.69) is 54.5 Å². The van der Waals surface area contributed by atoms with Crippen LogP contribution in [0.4, 0.5) is 0 Å². The predicted molar refractivity (Wildman–Crippen MR) is 202 cm³/mol. The van der Waals surface area contributed by atoms with Crippen molar-refractivity contribution in [3.8, 4) is 0 Å². The third kappa shape index (κ3) is 10.4. The number of esters is 1. The molecule has 0 bridgehead atoms. The number of carbonyl (C=O) groups excluding carboxylic acids is 1. The number of hydrogen-bond acceptors (Lipinski definition) is 2. The van der Waals surface area contributed by atoms with Gasteiger partial charge in [0.25, 0.3) is 0 Å². The molecule has 3 saturated carbocycles. The third-order valence-electron chi connectivity index (χ3n) is 15.1. The lowest BCUT2D eigenvalue weighted by atomic mass is 9.47.